The van der Waals surface area contributed by atoms with Crippen molar-refractivity contribution in [3.05, 3.63) is 52.6 Å². The number of hydrogen-bond acceptors (Lipinski definition) is 4. The van der Waals surface area contributed by atoms with Crippen LogP contribution in [0.15, 0.2) is 42.7 Å². The Morgan fingerprint density at radius 1 is 1.17 bits per heavy atom. The van der Waals surface area contributed by atoms with Gasteiger partial charge in [0.25, 0.3) is 0 Å². The Hall–Kier alpha value is -1.94. The van der Waals surface area contributed by atoms with E-state index < -0.39 is 0 Å². The Balaban J connectivity index is 1.86. The molecule has 90 valence electrons. The molecule has 0 atom stereocenters. The zero-order valence-electron chi connectivity index (χ0n) is 10.1. The molecule has 0 fully saturated rings. The standard InChI is InChI=1S/C14H13N3S/c1-10-16-8-11(18-10)9-17-14-6-7-15-13-5-3-2-4-12(13)14/h2-8H,9H2,1H3,(H,15,17). The Kier molecular flexibility index (Phi) is 2.94. The second-order valence-corrected chi connectivity index (χ2v) is 5.39. The third-order valence-electron chi connectivity index (χ3n) is 2.77. The number of fused-ring (bicyclic) bond motifs is 1. The van der Waals surface area contributed by atoms with Gasteiger partial charge in [-0.3, -0.25) is 4.98 Å². The third-order valence-corrected chi connectivity index (χ3v) is 3.68. The first kappa shape index (κ1) is 11.2. The van der Waals surface area contributed by atoms with Gasteiger partial charge >= 0.3 is 0 Å². The third kappa shape index (κ3) is 2.19. The number of benzene rings is 1. The number of aromatic nitrogens is 2. The van der Waals surface area contributed by atoms with Crippen molar-refractivity contribution in [1.29, 1.82) is 0 Å². The van der Waals surface area contributed by atoms with Gasteiger partial charge in [-0.15, -0.1) is 11.3 Å². The number of thiazole rings is 1. The highest BCUT2D eigenvalue weighted by Crippen LogP contribution is 2.22. The van der Waals surface area contributed by atoms with Gasteiger partial charge < -0.3 is 5.32 Å². The first-order chi connectivity index (χ1) is 8.83. The molecule has 18 heavy (non-hydrogen) atoms. The summed E-state index contributed by atoms with van der Waals surface area (Å²) in [5.74, 6) is 0. The Morgan fingerprint density at radius 2 is 2.06 bits per heavy atom. The highest BCUT2D eigenvalue weighted by Gasteiger charge is 2.02. The predicted octanol–water partition coefficient (Wildman–Crippen LogP) is 3.61. The quantitative estimate of drug-likeness (QED) is 0.777. The molecule has 2 aromatic heterocycles. The van der Waals surface area contributed by atoms with Crippen molar-refractivity contribution in [2.24, 2.45) is 0 Å². The molecule has 2 heterocycles. The highest BCUT2D eigenvalue weighted by atomic mass is 32.1. The lowest BCUT2D eigenvalue weighted by molar-refractivity contribution is 1.17. The molecule has 3 rings (SSSR count). The number of aryl methyl sites for hydroxylation is 1. The number of pyridine rings is 1. The van der Waals surface area contributed by atoms with Crippen molar-refractivity contribution in [2.45, 2.75) is 13.5 Å². The first-order valence-electron chi connectivity index (χ1n) is 5.82. The van der Waals surface area contributed by atoms with Crippen LogP contribution in [0.5, 0.6) is 0 Å². The molecule has 0 aliphatic heterocycles. The summed E-state index contributed by atoms with van der Waals surface area (Å²) in [7, 11) is 0. The molecule has 0 aliphatic rings. The molecule has 0 saturated carbocycles. The van der Waals surface area contributed by atoms with Crippen LogP contribution < -0.4 is 5.32 Å². The van der Waals surface area contributed by atoms with E-state index in [9.17, 15) is 0 Å². The van der Waals surface area contributed by atoms with Crippen LogP contribution in [0.1, 0.15) is 9.88 Å². The number of para-hydroxylation sites is 1. The molecular formula is C14H13N3S. The van der Waals surface area contributed by atoms with E-state index in [1.807, 2.05) is 43.6 Å². The van der Waals surface area contributed by atoms with Crippen LogP contribution in [0.2, 0.25) is 0 Å². The highest BCUT2D eigenvalue weighted by molar-refractivity contribution is 7.11. The summed E-state index contributed by atoms with van der Waals surface area (Å²) < 4.78 is 0. The molecule has 0 saturated heterocycles. The minimum atomic E-state index is 0.805. The van der Waals surface area contributed by atoms with Crippen molar-refractivity contribution in [2.75, 3.05) is 5.32 Å². The van der Waals surface area contributed by atoms with Crippen molar-refractivity contribution in [3.63, 3.8) is 0 Å². The van der Waals surface area contributed by atoms with Crippen molar-refractivity contribution >= 4 is 27.9 Å². The summed E-state index contributed by atoms with van der Waals surface area (Å²) >= 11 is 1.72. The van der Waals surface area contributed by atoms with E-state index in [1.54, 1.807) is 11.3 Å². The summed E-state index contributed by atoms with van der Waals surface area (Å²) in [6.45, 7) is 2.83. The topological polar surface area (TPSA) is 37.8 Å². The van der Waals surface area contributed by atoms with Gasteiger partial charge in [0.2, 0.25) is 0 Å². The molecule has 3 aromatic rings. The van der Waals surface area contributed by atoms with E-state index in [4.69, 9.17) is 0 Å². The molecule has 0 aliphatic carbocycles. The fourth-order valence-corrected chi connectivity index (χ4v) is 2.65. The summed E-state index contributed by atoms with van der Waals surface area (Å²) in [6.07, 6.45) is 3.76. The summed E-state index contributed by atoms with van der Waals surface area (Å²) in [5, 5.41) is 5.70. The zero-order chi connectivity index (χ0) is 12.4. The SMILES string of the molecule is Cc1ncc(CNc2ccnc3ccccc23)s1. The maximum Gasteiger partial charge on any atom is 0.0897 e. The fraction of sp³-hybridized carbons (Fsp3) is 0.143. The first-order valence-corrected chi connectivity index (χ1v) is 6.63. The van der Waals surface area contributed by atoms with Crippen molar-refractivity contribution < 1.29 is 0 Å². The number of anilines is 1. The second kappa shape index (κ2) is 4.74. The Morgan fingerprint density at radius 3 is 2.89 bits per heavy atom. The lowest BCUT2D eigenvalue weighted by Crippen LogP contribution is -1.98. The van der Waals surface area contributed by atoms with Gasteiger partial charge in [0.05, 0.1) is 17.1 Å². The normalized spacial score (nSPS) is 10.7. The summed E-state index contributed by atoms with van der Waals surface area (Å²) in [6, 6.07) is 10.2. The molecule has 0 unspecified atom stereocenters. The molecular weight excluding hydrogens is 242 g/mol. The monoisotopic (exact) mass is 255 g/mol. The van der Waals surface area contributed by atoms with E-state index in [-0.39, 0.29) is 0 Å². The molecule has 3 nitrogen and oxygen atoms in total. The number of nitrogens with one attached hydrogen (secondary N) is 1. The van der Waals surface area contributed by atoms with E-state index in [0.29, 0.717) is 0 Å². The minimum absolute atomic E-state index is 0.805. The van der Waals surface area contributed by atoms with Gasteiger partial charge in [0.1, 0.15) is 0 Å². The van der Waals surface area contributed by atoms with E-state index >= 15 is 0 Å². The molecule has 4 heteroatoms. The van der Waals surface area contributed by atoms with Gasteiger partial charge in [-0.2, -0.15) is 0 Å². The van der Waals surface area contributed by atoms with E-state index in [2.05, 4.69) is 21.4 Å². The Bertz CT molecular complexity index is 670. The van der Waals surface area contributed by atoms with Gasteiger partial charge in [0, 0.05) is 28.3 Å². The van der Waals surface area contributed by atoms with Crippen LogP contribution in [-0.2, 0) is 6.54 Å². The van der Waals surface area contributed by atoms with Crippen molar-refractivity contribution in [3.8, 4) is 0 Å². The maximum absolute atomic E-state index is 4.35. The zero-order valence-corrected chi connectivity index (χ0v) is 10.9. The lowest BCUT2D eigenvalue weighted by Gasteiger charge is -2.07. The number of hydrogen-bond donors (Lipinski definition) is 1. The Labute approximate surface area is 110 Å². The van der Waals surface area contributed by atoms with Crippen LogP contribution in [0.4, 0.5) is 5.69 Å². The van der Waals surface area contributed by atoms with Crippen LogP contribution in [0, 0.1) is 6.92 Å². The van der Waals surface area contributed by atoms with Crippen LogP contribution >= 0.6 is 11.3 Å². The average Bonchev–Trinajstić information content (AvgIpc) is 2.82. The molecule has 1 N–H and O–H groups in total. The predicted molar refractivity (Wildman–Crippen MR) is 75.9 cm³/mol. The van der Waals surface area contributed by atoms with Crippen LogP contribution in [-0.4, -0.2) is 9.97 Å². The molecule has 0 radical (unpaired) electrons. The number of rotatable bonds is 3. The number of nitrogens with zero attached hydrogens (tertiary/aromatic N) is 2. The van der Waals surface area contributed by atoms with Crippen LogP contribution in [0.25, 0.3) is 10.9 Å². The van der Waals surface area contributed by atoms with Gasteiger partial charge in [0.15, 0.2) is 0 Å². The summed E-state index contributed by atoms with van der Waals surface area (Å²) in [4.78, 5) is 9.85. The second-order valence-electron chi connectivity index (χ2n) is 4.07. The van der Waals surface area contributed by atoms with Crippen LogP contribution in [0.3, 0.4) is 0 Å². The smallest absolute Gasteiger partial charge is 0.0897 e. The summed E-state index contributed by atoms with van der Waals surface area (Å²) in [5.41, 5.74) is 2.13. The van der Waals surface area contributed by atoms with E-state index in [1.165, 1.54) is 4.88 Å². The maximum atomic E-state index is 4.35. The van der Waals surface area contributed by atoms with Gasteiger partial charge in [-0.05, 0) is 19.1 Å². The largest absolute Gasteiger partial charge is 0.379 e. The molecule has 0 bridgehead atoms. The lowest BCUT2D eigenvalue weighted by atomic mass is 10.2. The molecule has 1 aromatic carbocycles. The molecule has 0 amide bonds. The minimum Gasteiger partial charge on any atom is -0.379 e. The van der Waals surface area contributed by atoms with Gasteiger partial charge in [-0.1, -0.05) is 18.2 Å². The molecule has 0 spiro atoms. The van der Waals surface area contributed by atoms with Gasteiger partial charge in [-0.25, -0.2) is 4.98 Å². The fourth-order valence-electron chi connectivity index (χ4n) is 1.92. The average molecular weight is 255 g/mol. The van der Waals surface area contributed by atoms with Crippen molar-refractivity contribution in [1.82, 2.24) is 9.97 Å². The van der Waals surface area contributed by atoms with E-state index in [0.717, 1.165) is 28.1 Å².